The third-order valence-electron chi connectivity index (χ3n) is 5.22. The van der Waals surface area contributed by atoms with Crippen molar-refractivity contribution in [3.8, 4) is 0 Å². The number of carbonyl (C=O) groups is 2. The van der Waals surface area contributed by atoms with Crippen LogP contribution in [0.2, 0.25) is 0 Å². The fourth-order valence-electron chi connectivity index (χ4n) is 3.84. The maximum atomic E-state index is 12.9. The Kier molecular flexibility index (Phi) is 4.61. The first kappa shape index (κ1) is 16.6. The summed E-state index contributed by atoms with van der Waals surface area (Å²) in [6, 6.07) is 19.4. The highest BCUT2D eigenvalue weighted by molar-refractivity contribution is 5.88. The molecule has 2 heterocycles. The van der Waals surface area contributed by atoms with Gasteiger partial charge in [0.2, 0.25) is 5.91 Å². The summed E-state index contributed by atoms with van der Waals surface area (Å²) in [5, 5.41) is 0. The summed E-state index contributed by atoms with van der Waals surface area (Å²) in [7, 11) is 0. The molecule has 0 aromatic heterocycles. The molecule has 2 saturated heterocycles. The van der Waals surface area contributed by atoms with E-state index in [0.29, 0.717) is 19.5 Å². The molecular formula is C21H22N2O3. The van der Waals surface area contributed by atoms with Gasteiger partial charge in [-0.2, -0.15) is 0 Å². The molecule has 0 spiro atoms. The molecule has 4 rings (SSSR count). The van der Waals surface area contributed by atoms with Crippen molar-refractivity contribution >= 4 is 12.0 Å². The van der Waals surface area contributed by atoms with Gasteiger partial charge in [-0.05, 0) is 24.0 Å². The predicted octanol–water partition coefficient (Wildman–Crippen LogP) is 3.20. The molecule has 2 fully saturated rings. The monoisotopic (exact) mass is 350 g/mol. The molecule has 0 aliphatic carbocycles. The molecule has 2 atom stereocenters. The number of fused-ring (bicyclic) bond motifs is 2. The number of hydrogen-bond donors (Lipinski definition) is 0. The third kappa shape index (κ3) is 3.29. The van der Waals surface area contributed by atoms with E-state index in [1.165, 1.54) is 0 Å². The SMILES string of the molecule is O=C1C2CC(CCN2C(=O)OCc2ccccc2)N1Cc1ccccc1. The summed E-state index contributed by atoms with van der Waals surface area (Å²) in [5.74, 6) is 0.0352. The van der Waals surface area contributed by atoms with Crippen LogP contribution in [0.4, 0.5) is 4.79 Å². The Morgan fingerprint density at radius 1 is 1.00 bits per heavy atom. The van der Waals surface area contributed by atoms with E-state index in [1.54, 1.807) is 4.90 Å². The van der Waals surface area contributed by atoms with Crippen LogP contribution in [0.1, 0.15) is 24.0 Å². The van der Waals surface area contributed by atoms with Crippen molar-refractivity contribution in [3.63, 3.8) is 0 Å². The topological polar surface area (TPSA) is 49.9 Å². The molecule has 2 aliphatic rings. The van der Waals surface area contributed by atoms with E-state index in [2.05, 4.69) is 0 Å². The molecule has 5 heteroatoms. The molecule has 2 aromatic rings. The Bertz CT molecular complexity index is 778. The van der Waals surface area contributed by atoms with Gasteiger partial charge in [-0.15, -0.1) is 0 Å². The number of hydrogen-bond acceptors (Lipinski definition) is 3. The Hall–Kier alpha value is -2.82. The van der Waals surface area contributed by atoms with Crippen LogP contribution < -0.4 is 0 Å². The van der Waals surface area contributed by atoms with Crippen LogP contribution in [0.25, 0.3) is 0 Å². The van der Waals surface area contributed by atoms with Gasteiger partial charge >= 0.3 is 6.09 Å². The highest BCUT2D eigenvalue weighted by Gasteiger charge is 2.47. The summed E-state index contributed by atoms with van der Waals surface area (Å²) >= 11 is 0. The molecule has 134 valence electrons. The summed E-state index contributed by atoms with van der Waals surface area (Å²) in [5.41, 5.74) is 2.06. The van der Waals surface area contributed by atoms with Crippen molar-refractivity contribution in [2.45, 2.75) is 38.1 Å². The summed E-state index contributed by atoms with van der Waals surface area (Å²) < 4.78 is 5.44. The van der Waals surface area contributed by atoms with Gasteiger partial charge in [0.25, 0.3) is 0 Å². The van der Waals surface area contributed by atoms with Crippen LogP contribution in [0.3, 0.4) is 0 Å². The second-order valence-corrected chi connectivity index (χ2v) is 6.88. The zero-order chi connectivity index (χ0) is 17.9. The maximum absolute atomic E-state index is 12.9. The molecule has 2 amide bonds. The number of benzene rings is 2. The smallest absolute Gasteiger partial charge is 0.410 e. The zero-order valence-electron chi connectivity index (χ0n) is 14.6. The van der Waals surface area contributed by atoms with Crippen molar-refractivity contribution in [1.82, 2.24) is 9.80 Å². The molecule has 0 radical (unpaired) electrons. The number of amides is 2. The average Bonchev–Trinajstić information content (AvgIpc) is 2.92. The molecule has 2 aliphatic heterocycles. The van der Waals surface area contributed by atoms with Crippen LogP contribution in [0, 0.1) is 0 Å². The number of nitrogens with zero attached hydrogens (tertiary/aromatic N) is 2. The lowest BCUT2D eigenvalue weighted by atomic mass is 10.0. The minimum Gasteiger partial charge on any atom is -0.445 e. The maximum Gasteiger partial charge on any atom is 0.410 e. The highest BCUT2D eigenvalue weighted by Crippen LogP contribution is 2.32. The normalized spacial score (nSPS) is 21.8. The number of carbonyl (C=O) groups excluding carboxylic acids is 2. The van der Waals surface area contributed by atoms with Crippen LogP contribution in [-0.4, -0.2) is 40.4 Å². The minimum atomic E-state index is -0.396. The van der Waals surface area contributed by atoms with Gasteiger partial charge in [-0.25, -0.2) is 4.79 Å². The average molecular weight is 350 g/mol. The molecular weight excluding hydrogens is 328 g/mol. The van der Waals surface area contributed by atoms with E-state index < -0.39 is 6.09 Å². The third-order valence-corrected chi connectivity index (χ3v) is 5.22. The summed E-state index contributed by atoms with van der Waals surface area (Å²) in [6.45, 7) is 1.40. The number of likely N-dealkylation sites (tertiary alicyclic amines) is 2. The highest BCUT2D eigenvalue weighted by atomic mass is 16.6. The van der Waals surface area contributed by atoms with Gasteiger partial charge in [-0.3, -0.25) is 9.69 Å². The zero-order valence-corrected chi connectivity index (χ0v) is 14.6. The van der Waals surface area contributed by atoms with Crippen molar-refractivity contribution in [3.05, 3.63) is 71.8 Å². The standard InChI is InChI=1S/C21H22N2O3/c24-20-19-13-18(23(20)14-16-7-3-1-4-8-16)11-12-22(19)21(25)26-15-17-9-5-2-6-10-17/h1-10,18-19H,11-15H2. The van der Waals surface area contributed by atoms with E-state index in [1.807, 2.05) is 65.6 Å². The van der Waals surface area contributed by atoms with E-state index in [4.69, 9.17) is 4.74 Å². The van der Waals surface area contributed by atoms with Crippen molar-refractivity contribution in [2.24, 2.45) is 0 Å². The van der Waals surface area contributed by atoms with Gasteiger partial charge in [0.05, 0.1) is 0 Å². The Balaban J connectivity index is 1.40. The van der Waals surface area contributed by atoms with Crippen LogP contribution in [-0.2, 0) is 22.7 Å². The number of rotatable bonds is 4. The van der Waals surface area contributed by atoms with Gasteiger partial charge in [0.1, 0.15) is 12.6 Å². The van der Waals surface area contributed by atoms with E-state index in [0.717, 1.165) is 17.5 Å². The van der Waals surface area contributed by atoms with Gasteiger partial charge in [-0.1, -0.05) is 60.7 Å². The summed E-state index contributed by atoms with van der Waals surface area (Å²) in [4.78, 5) is 28.9. The fourth-order valence-corrected chi connectivity index (χ4v) is 3.84. The van der Waals surface area contributed by atoms with Gasteiger partial charge in [0, 0.05) is 19.1 Å². The van der Waals surface area contributed by atoms with Gasteiger partial charge < -0.3 is 9.64 Å². The van der Waals surface area contributed by atoms with E-state index in [-0.39, 0.29) is 24.6 Å². The lowest BCUT2D eigenvalue weighted by Crippen LogP contribution is -2.46. The van der Waals surface area contributed by atoms with Crippen LogP contribution in [0.15, 0.2) is 60.7 Å². The minimum absolute atomic E-state index is 0.0352. The molecule has 2 bridgehead atoms. The van der Waals surface area contributed by atoms with Crippen LogP contribution >= 0.6 is 0 Å². The lowest BCUT2D eigenvalue weighted by Gasteiger charge is -2.30. The molecule has 0 saturated carbocycles. The quantitative estimate of drug-likeness (QED) is 0.851. The van der Waals surface area contributed by atoms with Crippen molar-refractivity contribution < 1.29 is 14.3 Å². The Morgan fingerprint density at radius 2 is 1.65 bits per heavy atom. The summed E-state index contributed by atoms with van der Waals surface area (Å²) in [6.07, 6.45) is 1.11. The number of piperidine rings is 1. The first-order valence-electron chi connectivity index (χ1n) is 9.04. The number of ether oxygens (including phenoxy) is 1. The van der Waals surface area contributed by atoms with E-state index in [9.17, 15) is 9.59 Å². The second-order valence-electron chi connectivity index (χ2n) is 6.88. The molecule has 2 unspecified atom stereocenters. The predicted molar refractivity (Wildman–Crippen MR) is 97.1 cm³/mol. The van der Waals surface area contributed by atoms with Crippen LogP contribution in [0.5, 0.6) is 0 Å². The first-order chi connectivity index (χ1) is 12.7. The largest absolute Gasteiger partial charge is 0.445 e. The Labute approximate surface area is 153 Å². The van der Waals surface area contributed by atoms with Crippen molar-refractivity contribution in [2.75, 3.05) is 6.54 Å². The van der Waals surface area contributed by atoms with Gasteiger partial charge in [0.15, 0.2) is 0 Å². The molecule has 0 N–H and O–H groups in total. The fraction of sp³-hybridized carbons (Fsp3) is 0.333. The Morgan fingerprint density at radius 3 is 2.35 bits per heavy atom. The molecule has 2 aromatic carbocycles. The molecule has 5 nitrogen and oxygen atoms in total. The van der Waals surface area contributed by atoms with Crippen molar-refractivity contribution in [1.29, 1.82) is 0 Å². The first-order valence-corrected chi connectivity index (χ1v) is 9.04. The van der Waals surface area contributed by atoms with E-state index >= 15 is 0 Å². The second kappa shape index (κ2) is 7.20. The molecule has 26 heavy (non-hydrogen) atoms. The lowest BCUT2D eigenvalue weighted by molar-refractivity contribution is -0.132.